The average molecular weight is 419 g/mol. The largest absolute Gasteiger partial charge is 0.485 e. The predicted octanol–water partition coefficient (Wildman–Crippen LogP) is 4.97. The lowest BCUT2D eigenvalue weighted by Crippen LogP contribution is -3.16. The van der Waals surface area contributed by atoms with Gasteiger partial charge in [0.2, 0.25) is 0 Å². The summed E-state index contributed by atoms with van der Waals surface area (Å²) < 4.78 is 6.44. The number of para-hydroxylation sites is 1. The van der Waals surface area contributed by atoms with Gasteiger partial charge in [-0.15, -0.1) is 0 Å². The summed E-state index contributed by atoms with van der Waals surface area (Å²) in [4.78, 5) is 1.75. The van der Waals surface area contributed by atoms with E-state index in [-0.39, 0.29) is 6.10 Å². The molecule has 2 nitrogen and oxygen atoms in total. The molecule has 0 aliphatic carbocycles. The van der Waals surface area contributed by atoms with Gasteiger partial charge in [0.25, 0.3) is 0 Å². The fourth-order valence-electron chi connectivity index (χ4n) is 3.74. The predicted molar refractivity (Wildman–Crippen MR) is 114 cm³/mol. The van der Waals surface area contributed by atoms with Crippen molar-refractivity contribution in [3.8, 4) is 5.75 Å². The van der Waals surface area contributed by atoms with Crippen molar-refractivity contribution in [1.29, 1.82) is 0 Å². The summed E-state index contributed by atoms with van der Waals surface area (Å²) in [6.07, 6.45) is 5.33. The molecular formula is C23H33BrNO+. The third-order valence-electron chi connectivity index (χ3n) is 5.34. The number of benzene rings is 2. The normalized spacial score (nSPS) is 20.6. The molecule has 1 aliphatic rings. The maximum atomic E-state index is 6.44. The monoisotopic (exact) mass is 418 g/mol. The van der Waals surface area contributed by atoms with Gasteiger partial charge in [-0.2, -0.15) is 0 Å². The minimum absolute atomic E-state index is 0.133. The summed E-state index contributed by atoms with van der Waals surface area (Å²) in [5, 5.41) is 0. The van der Waals surface area contributed by atoms with E-state index in [0.717, 1.165) is 18.2 Å². The van der Waals surface area contributed by atoms with E-state index >= 15 is 0 Å². The van der Waals surface area contributed by atoms with E-state index in [9.17, 15) is 0 Å². The summed E-state index contributed by atoms with van der Waals surface area (Å²) in [7, 11) is 0. The van der Waals surface area contributed by atoms with Crippen molar-refractivity contribution in [2.75, 3.05) is 18.9 Å². The summed E-state index contributed by atoms with van der Waals surface area (Å²) in [5.74, 6) is 2.82. The number of hydrogen-bond acceptors (Lipinski definition) is 1. The van der Waals surface area contributed by atoms with E-state index in [4.69, 9.17) is 4.74 Å². The number of alkyl halides is 1. The molecule has 3 rings (SSSR count). The van der Waals surface area contributed by atoms with Crippen molar-refractivity contribution in [2.24, 2.45) is 0 Å². The topological polar surface area (TPSA) is 13.7 Å². The van der Waals surface area contributed by atoms with Gasteiger partial charge in [-0.25, -0.2) is 0 Å². The van der Waals surface area contributed by atoms with Crippen LogP contribution in [0.4, 0.5) is 0 Å². The highest BCUT2D eigenvalue weighted by Crippen LogP contribution is 2.26. The van der Waals surface area contributed by atoms with Gasteiger partial charge in [-0.1, -0.05) is 64.5 Å². The smallest absolute Gasteiger partial charge is 0.129 e. The maximum Gasteiger partial charge on any atom is 0.129 e. The Bertz CT molecular complexity index is 631. The molecule has 0 amide bonds. The van der Waals surface area contributed by atoms with Crippen LogP contribution in [0.15, 0.2) is 54.6 Å². The van der Waals surface area contributed by atoms with Crippen LogP contribution in [0.2, 0.25) is 0 Å². The lowest BCUT2D eigenvalue weighted by atomic mass is 10.0. The number of piperidine rings is 1. The van der Waals surface area contributed by atoms with Gasteiger partial charge in [-0.3, -0.25) is 0 Å². The zero-order valence-electron chi connectivity index (χ0n) is 16.4. The fraction of sp³-hybridized carbons (Fsp3) is 0.478. The molecular weight excluding hydrogens is 386 g/mol. The zero-order valence-corrected chi connectivity index (χ0v) is 18.0. The molecule has 3 unspecified atom stereocenters. The Morgan fingerprint density at radius 1 is 1.04 bits per heavy atom. The van der Waals surface area contributed by atoms with E-state index in [1.807, 2.05) is 5.83 Å². The van der Waals surface area contributed by atoms with Gasteiger partial charge in [0.15, 0.2) is 0 Å². The molecule has 1 heterocycles. The van der Waals surface area contributed by atoms with Gasteiger partial charge >= 0.3 is 0 Å². The average Bonchev–Trinajstić information content (AvgIpc) is 2.70. The van der Waals surface area contributed by atoms with Crippen LogP contribution in [0.3, 0.4) is 0 Å². The second-order valence-corrected chi connectivity index (χ2v) is 7.13. The highest BCUT2D eigenvalue weighted by Gasteiger charge is 2.24. The van der Waals surface area contributed by atoms with Gasteiger partial charge in [0.05, 0.1) is 19.1 Å². The molecule has 2 aromatic rings. The van der Waals surface area contributed by atoms with Crippen molar-refractivity contribution < 1.29 is 9.64 Å². The molecule has 1 fully saturated rings. The number of likely N-dealkylation sites (tertiary alicyclic amines) is 1. The SMILES string of the molecule is CBr.Cc1ccccc1OC(CC[NH+]1CCCCC1C)c1ccccc1. The van der Waals surface area contributed by atoms with E-state index < -0.39 is 0 Å². The van der Waals surface area contributed by atoms with Crippen molar-refractivity contribution in [1.82, 2.24) is 0 Å². The molecule has 0 saturated carbocycles. The minimum Gasteiger partial charge on any atom is -0.485 e. The molecule has 142 valence electrons. The number of aryl methyl sites for hydroxylation is 1. The molecule has 3 atom stereocenters. The number of rotatable bonds is 6. The number of quaternary nitrogens is 1. The van der Waals surface area contributed by atoms with Gasteiger partial charge in [-0.05, 0) is 56.1 Å². The Kier molecular flexibility index (Phi) is 9.21. The number of nitrogens with one attached hydrogen (secondary N) is 1. The van der Waals surface area contributed by atoms with Gasteiger partial charge in [0.1, 0.15) is 11.9 Å². The number of hydrogen-bond donors (Lipinski definition) is 1. The Hall–Kier alpha value is -1.32. The molecule has 0 bridgehead atoms. The quantitative estimate of drug-likeness (QED) is 0.653. The third-order valence-corrected chi connectivity index (χ3v) is 5.34. The first-order valence-electron chi connectivity index (χ1n) is 9.73. The van der Waals surface area contributed by atoms with Crippen molar-refractivity contribution in [3.63, 3.8) is 0 Å². The second-order valence-electron chi connectivity index (χ2n) is 7.13. The molecule has 2 aromatic carbocycles. The standard InChI is InChI=1S/C22H29NO.CH3Br/c1-18-10-6-7-14-21(18)24-22(20-12-4-3-5-13-20)15-17-23-16-9-8-11-19(23)2;1-2/h3-7,10,12-14,19,22H,8-9,11,15-17H2,1-2H3;1H3/p+1. The van der Waals surface area contributed by atoms with E-state index in [0.29, 0.717) is 0 Å². The van der Waals surface area contributed by atoms with E-state index in [1.54, 1.807) is 4.90 Å². The van der Waals surface area contributed by atoms with Crippen LogP contribution in [0, 0.1) is 6.92 Å². The van der Waals surface area contributed by atoms with Crippen LogP contribution in [0.5, 0.6) is 5.75 Å². The van der Waals surface area contributed by atoms with Crippen molar-refractivity contribution >= 4 is 15.9 Å². The molecule has 1 aliphatic heterocycles. The van der Waals surface area contributed by atoms with Crippen LogP contribution in [0.1, 0.15) is 49.8 Å². The van der Waals surface area contributed by atoms with E-state index in [1.165, 1.54) is 43.5 Å². The summed E-state index contributed by atoms with van der Waals surface area (Å²) >= 11 is 2.94. The lowest BCUT2D eigenvalue weighted by Gasteiger charge is -2.31. The Balaban J connectivity index is 0.00000117. The van der Waals surface area contributed by atoms with E-state index in [2.05, 4.69) is 84.4 Å². The molecule has 0 aromatic heterocycles. The Labute approximate surface area is 167 Å². The van der Waals surface area contributed by atoms with Crippen LogP contribution in [0.25, 0.3) is 0 Å². The Morgan fingerprint density at radius 2 is 1.73 bits per heavy atom. The van der Waals surface area contributed by atoms with Crippen molar-refractivity contribution in [3.05, 3.63) is 65.7 Å². The van der Waals surface area contributed by atoms with Crippen LogP contribution < -0.4 is 9.64 Å². The molecule has 0 radical (unpaired) electrons. The second kappa shape index (κ2) is 11.4. The number of ether oxygens (including phenoxy) is 1. The molecule has 1 N–H and O–H groups in total. The number of halogens is 1. The lowest BCUT2D eigenvalue weighted by molar-refractivity contribution is -0.929. The summed E-state index contributed by atoms with van der Waals surface area (Å²) in [6, 6.07) is 19.8. The van der Waals surface area contributed by atoms with Gasteiger partial charge < -0.3 is 9.64 Å². The highest BCUT2D eigenvalue weighted by atomic mass is 79.9. The van der Waals surface area contributed by atoms with Crippen molar-refractivity contribution in [2.45, 2.75) is 51.7 Å². The van der Waals surface area contributed by atoms with Crippen LogP contribution >= 0.6 is 15.9 Å². The molecule has 3 heteroatoms. The zero-order chi connectivity index (χ0) is 18.8. The van der Waals surface area contributed by atoms with Gasteiger partial charge in [0, 0.05) is 6.42 Å². The first-order chi connectivity index (χ1) is 12.7. The fourth-order valence-corrected chi connectivity index (χ4v) is 3.74. The third kappa shape index (κ3) is 6.14. The van der Waals surface area contributed by atoms with Crippen LogP contribution in [-0.2, 0) is 0 Å². The molecule has 0 spiro atoms. The molecule has 26 heavy (non-hydrogen) atoms. The first-order valence-corrected chi connectivity index (χ1v) is 11.3. The summed E-state index contributed by atoms with van der Waals surface area (Å²) in [6.45, 7) is 7.02. The maximum absolute atomic E-state index is 6.44. The molecule has 1 saturated heterocycles. The van der Waals surface area contributed by atoms with Crippen LogP contribution in [-0.4, -0.2) is 25.0 Å². The summed E-state index contributed by atoms with van der Waals surface area (Å²) in [5.41, 5.74) is 2.49. The first kappa shape index (κ1) is 21.0. The highest BCUT2D eigenvalue weighted by molar-refractivity contribution is 9.08. The Morgan fingerprint density at radius 3 is 2.42 bits per heavy atom. The minimum atomic E-state index is 0.133.